The van der Waals surface area contributed by atoms with Crippen molar-refractivity contribution in [3.8, 4) is 10.6 Å². The van der Waals surface area contributed by atoms with Gasteiger partial charge in [-0.2, -0.15) is 9.61 Å². The molecule has 2 aromatic heterocycles. The van der Waals surface area contributed by atoms with Gasteiger partial charge in [0.15, 0.2) is 5.82 Å². The Balaban J connectivity index is 1.74. The van der Waals surface area contributed by atoms with Crippen molar-refractivity contribution in [1.29, 1.82) is 0 Å². The Kier molecular flexibility index (Phi) is 3.69. The summed E-state index contributed by atoms with van der Waals surface area (Å²) >= 11 is 4.71. The summed E-state index contributed by atoms with van der Waals surface area (Å²) in [6.07, 6.45) is 6.14. The van der Waals surface area contributed by atoms with Gasteiger partial charge in [0, 0.05) is 11.5 Å². The predicted octanol–water partition coefficient (Wildman–Crippen LogP) is 4.80. The smallest absolute Gasteiger partial charge is 0.206 e. The molecule has 0 radical (unpaired) electrons. The number of hydrogen-bond donors (Lipinski definition) is 0. The van der Waals surface area contributed by atoms with Crippen molar-refractivity contribution in [1.82, 2.24) is 19.8 Å². The Bertz CT molecular complexity index is 822. The number of benzene rings is 1. The minimum absolute atomic E-state index is 0.269. The van der Waals surface area contributed by atoms with Crippen molar-refractivity contribution in [2.45, 2.75) is 38.0 Å². The van der Waals surface area contributed by atoms with Crippen molar-refractivity contribution in [3.05, 3.63) is 34.3 Å². The number of halogens is 2. The lowest BCUT2D eigenvalue weighted by Crippen LogP contribution is -2.09. The van der Waals surface area contributed by atoms with Gasteiger partial charge in [0.05, 0.1) is 4.47 Å². The van der Waals surface area contributed by atoms with Crippen LogP contribution in [0.2, 0.25) is 0 Å². The SMILES string of the molecule is Fc1ccc(-c2nn3c(C4CCCCC4)nnc3s2)cc1Br. The zero-order valence-electron chi connectivity index (χ0n) is 11.8. The average Bonchev–Trinajstić information content (AvgIpc) is 3.11. The molecule has 0 unspecified atom stereocenters. The summed E-state index contributed by atoms with van der Waals surface area (Å²) in [6, 6.07) is 4.94. The molecule has 4 nitrogen and oxygen atoms in total. The highest BCUT2D eigenvalue weighted by Gasteiger charge is 2.23. The maximum atomic E-state index is 13.4. The monoisotopic (exact) mass is 380 g/mol. The lowest BCUT2D eigenvalue weighted by atomic mass is 9.89. The van der Waals surface area contributed by atoms with Gasteiger partial charge in [0.25, 0.3) is 0 Å². The minimum atomic E-state index is -0.269. The fourth-order valence-electron chi connectivity index (χ4n) is 2.99. The first kappa shape index (κ1) is 14.3. The third-order valence-corrected chi connectivity index (χ3v) is 5.71. The molecular weight excluding hydrogens is 367 g/mol. The number of aromatic nitrogens is 4. The quantitative estimate of drug-likeness (QED) is 0.640. The van der Waals surface area contributed by atoms with E-state index in [1.165, 1.54) is 36.7 Å². The van der Waals surface area contributed by atoms with E-state index in [0.717, 1.165) is 34.2 Å². The molecule has 0 saturated heterocycles. The second-order valence-corrected chi connectivity index (χ2v) is 7.43. The van der Waals surface area contributed by atoms with Crippen LogP contribution in [0.4, 0.5) is 4.39 Å². The van der Waals surface area contributed by atoms with Crippen LogP contribution in [0.3, 0.4) is 0 Å². The zero-order valence-corrected chi connectivity index (χ0v) is 14.2. The van der Waals surface area contributed by atoms with Gasteiger partial charge in [-0.15, -0.1) is 10.2 Å². The highest BCUT2D eigenvalue weighted by atomic mass is 79.9. The van der Waals surface area contributed by atoms with Gasteiger partial charge in [-0.25, -0.2) is 4.39 Å². The molecule has 114 valence electrons. The number of nitrogens with zero attached hydrogens (tertiary/aromatic N) is 4. The number of hydrogen-bond acceptors (Lipinski definition) is 4. The molecule has 1 fully saturated rings. The standard InChI is InChI=1S/C15H14BrFN4S/c16-11-8-10(6-7-12(11)17)14-20-21-13(18-19-15(21)22-14)9-4-2-1-3-5-9/h6-9H,1-5H2. The summed E-state index contributed by atoms with van der Waals surface area (Å²) in [7, 11) is 0. The van der Waals surface area contributed by atoms with Crippen LogP contribution >= 0.6 is 27.3 Å². The minimum Gasteiger partial charge on any atom is -0.206 e. The first-order chi connectivity index (χ1) is 10.7. The van der Waals surface area contributed by atoms with Crippen molar-refractivity contribution in [2.75, 3.05) is 0 Å². The molecule has 22 heavy (non-hydrogen) atoms. The summed E-state index contributed by atoms with van der Waals surface area (Å²) in [4.78, 5) is 0.802. The largest absolute Gasteiger partial charge is 0.234 e. The molecule has 0 aliphatic heterocycles. The molecule has 0 N–H and O–H groups in total. The van der Waals surface area contributed by atoms with Crippen LogP contribution in [0.1, 0.15) is 43.8 Å². The van der Waals surface area contributed by atoms with E-state index in [1.807, 2.05) is 4.52 Å². The molecular formula is C15H14BrFN4S. The van der Waals surface area contributed by atoms with Gasteiger partial charge in [-0.1, -0.05) is 30.6 Å². The van der Waals surface area contributed by atoms with Gasteiger partial charge >= 0.3 is 0 Å². The van der Waals surface area contributed by atoms with E-state index in [1.54, 1.807) is 12.1 Å². The average molecular weight is 381 g/mol. The van der Waals surface area contributed by atoms with Gasteiger partial charge in [-0.3, -0.25) is 0 Å². The molecule has 3 aromatic rings. The van der Waals surface area contributed by atoms with Crippen LogP contribution in [0.15, 0.2) is 22.7 Å². The van der Waals surface area contributed by atoms with Gasteiger partial charge in [0.2, 0.25) is 4.96 Å². The topological polar surface area (TPSA) is 43.1 Å². The lowest BCUT2D eigenvalue weighted by molar-refractivity contribution is 0.423. The number of fused-ring (bicyclic) bond motifs is 1. The maximum Gasteiger partial charge on any atom is 0.234 e. The van der Waals surface area contributed by atoms with E-state index < -0.39 is 0 Å². The molecule has 1 saturated carbocycles. The zero-order chi connectivity index (χ0) is 15.1. The second kappa shape index (κ2) is 5.70. The summed E-state index contributed by atoms with van der Waals surface area (Å²) < 4.78 is 15.7. The summed E-state index contributed by atoms with van der Waals surface area (Å²) in [6.45, 7) is 0. The molecule has 0 atom stereocenters. The van der Waals surface area contributed by atoms with Crippen molar-refractivity contribution in [2.24, 2.45) is 0 Å². The summed E-state index contributed by atoms with van der Waals surface area (Å²) in [5, 5.41) is 14.1. The van der Waals surface area contributed by atoms with Crippen LogP contribution < -0.4 is 0 Å². The van der Waals surface area contributed by atoms with Crippen LogP contribution in [0, 0.1) is 5.82 Å². The lowest BCUT2D eigenvalue weighted by Gasteiger charge is -2.18. The van der Waals surface area contributed by atoms with Crippen LogP contribution in [0.5, 0.6) is 0 Å². The van der Waals surface area contributed by atoms with E-state index in [2.05, 4.69) is 31.2 Å². The third-order valence-electron chi connectivity index (χ3n) is 4.15. The van der Waals surface area contributed by atoms with E-state index in [0.29, 0.717) is 10.4 Å². The Morgan fingerprint density at radius 2 is 2.00 bits per heavy atom. The first-order valence-electron chi connectivity index (χ1n) is 7.40. The highest BCUT2D eigenvalue weighted by Crippen LogP contribution is 2.34. The Morgan fingerprint density at radius 1 is 1.18 bits per heavy atom. The van der Waals surface area contributed by atoms with Crippen molar-refractivity contribution >= 4 is 32.2 Å². The highest BCUT2D eigenvalue weighted by molar-refractivity contribution is 9.10. The molecule has 4 rings (SSSR count). The fraction of sp³-hybridized carbons (Fsp3) is 0.400. The predicted molar refractivity (Wildman–Crippen MR) is 87.6 cm³/mol. The molecule has 2 heterocycles. The van der Waals surface area contributed by atoms with Gasteiger partial charge in [0.1, 0.15) is 10.8 Å². The number of rotatable bonds is 2. The maximum absolute atomic E-state index is 13.4. The summed E-state index contributed by atoms with van der Waals surface area (Å²) in [5.74, 6) is 1.16. The van der Waals surface area contributed by atoms with E-state index in [9.17, 15) is 4.39 Å². The second-order valence-electron chi connectivity index (χ2n) is 5.62. The van der Waals surface area contributed by atoms with Crippen LogP contribution in [0.25, 0.3) is 15.5 Å². The van der Waals surface area contributed by atoms with Gasteiger partial charge < -0.3 is 0 Å². The molecule has 1 aromatic carbocycles. The fourth-order valence-corrected chi connectivity index (χ4v) is 4.21. The van der Waals surface area contributed by atoms with E-state index in [-0.39, 0.29) is 5.82 Å². The van der Waals surface area contributed by atoms with E-state index in [4.69, 9.17) is 0 Å². The third kappa shape index (κ3) is 2.46. The molecule has 0 amide bonds. The van der Waals surface area contributed by atoms with Crippen LogP contribution in [-0.2, 0) is 0 Å². The Hall–Kier alpha value is -1.34. The van der Waals surface area contributed by atoms with Crippen LogP contribution in [-0.4, -0.2) is 19.8 Å². The van der Waals surface area contributed by atoms with Crippen molar-refractivity contribution < 1.29 is 4.39 Å². The Labute approximate surface area is 139 Å². The molecule has 0 spiro atoms. The summed E-state index contributed by atoms with van der Waals surface area (Å²) in [5.41, 5.74) is 0.887. The molecule has 0 bridgehead atoms. The van der Waals surface area contributed by atoms with E-state index >= 15 is 0 Å². The normalized spacial score (nSPS) is 16.5. The molecule has 7 heteroatoms. The molecule has 1 aliphatic rings. The van der Waals surface area contributed by atoms with Gasteiger partial charge in [-0.05, 0) is 47.0 Å². The first-order valence-corrected chi connectivity index (χ1v) is 9.01. The molecule has 1 aliphatic carbocycles. The Morgan fingerprint density at radius 3 is 2.77 bits per heavy atom. The van der Waals surface area contributed by atoms with Crippen molar-refractivity contribution in [3.63, 3.8) is 0 Å².